The van der Waals surface area contributed by atoms with Crippen molar-refractivity contribution < 1.29 is 0 Å². The fourth-order valence-corrected chi connectivity index (χ4v) is 1.53. The fourth-order valence-electron chi connectivity index (χ4n) is 1.53. The molecule has 1 aromatic heterocycles. The van der Waals surface area contributed by atoms with Crippen LogP contribution in [0.25, 0.3) is 0 Å². The monoisotopic (exact) mass is 195 g/mol. The van der Waals surface area contributed by atoms with E-state index in [2.05, 4.69) is 31.0 Å². The summed E-state index contributed by atoms with van der Waals surface area (Å²) >= 11 is 0. The van der Waals surface area contributed by atoms with Gasteiger partial charge in [0.2, 0.25) is 0 Å². The van der Waals surface area contributed by atoms with E-state index in [0.29, 0.717) is 0 Å². The van der Waals surface area contributed by atoms with E-state index in [1.807, 2.05) is 13.1 Å². The lowest BCUT2D eigenvalue weighted by molar-refractivity contribution is 0.555. The van der Waals surface area contributed by atoms with E-state index in [4.69, 9.17) is 5.73 Å². The predicted octanol–water partition coefficient (Wildman–Crippen LogP) is 1.99. The summed E-state index contributed by atoms with van der Waals surface area (Å²) in [6, 6.07) is 0.262. The summed E-state index contributed by atoms with van der Waals surface area (Å²) in [5.41, 5.74) is 8.42. The summed E-state index contributed by atoms with van der Waals surface area (Å²) in [6.07, 6.45) is 3.95. The number of H-pyrrole nitrogens is 1. The second-order valence-electron chi connectivity index (χ2n) is 5.04. The average molecular weight is 195 g/mol. The molecule has 0 amide bonds. The van der Waals surface area contributed by atoms with Crippen molar-refractivity contribution in [2.24, 2.45) is 5.73 Å². The Morgan fingerprint density at radius 3 is 2.64 bits per heavy atom. The van der Waals surface area contributed by atoms with E-state index in [1.165, 1.54) is 11.3 Å². The number of nitrogens with one attached hydrogen (secondary N) is 1. The van der Waals surface area contributed by atoms with Crippen molar-refractivity contribution in [1.82, 2.24) is 10.2 Å². The van der Waals surface area contributed by atoms with Gasteiger partial charge in [0.1, 0.15) is 0 Å². The van der Waals surface area contributed by atoms with E-state index in [9.17, 15) is 0 Å². The maximum absolute atomic E-state index is 5.74. The summed E-state index contributed by atoms with van der Waals surface area (Å²) in [5.74, 6) is 0. The number of nitrogens with two attached hydrogens (primary N) is 1. The molecule has 0 aliphatic carbocycles. The van der Waals surface area contributed by atoms with E-state index < -0.39 is 0 Å². The van der Waals surface area contributed by atoms with Gasteiger partial charge < -0.3 is 5.73 Å². The van der Waals surface area contributed by atoms with Crippen molar-refractivity contribution >= 4 is 0 Å². The number of aromatic amines is 1. The molecule has 1 unspecified atom stereocenters. The lowest BCUT2D eigenvalue weighted by atomic mass is 9.88. The average Bonchev–Trinajstić information content (AvgIpc) is 2.46. The largest absolute Gasteiger partial charge is 0.328 e. The molecule has 0 fully saturated rings. The number of aryl methyl sites for hydroxylation is 1. The van der Waals surface area contributed by atoms with Gasteiger partial charge >= 0.3 is 0 Å². The Labute approximate surface area is 86.1 Å². The molecular weight excluding hydrogens is 174 g/mol. The SMILES string of the molecule is CC(N)CCc1cn[nH]c1C(C)(C)C. The lowest BCUT2D eigenvalue weighted by Gasteiger charge is -2.18. The van der Waals surface area contributed by atoms with Gasteiger partial charge in [0.25, 0.3) is 0 Å². The first kappa shape index (κ1) is 11.2. The molecule has 0 aliphatic rings. The number of aromatic nitrogens is 2. The first-order valence-electron chi connectivity index (χ1n) is 5.19. The Balaban J connectivity index is 2.73. The maximum Gasteiger partial charge on any atom is 0.0522 e. The van der Waals surface area contributed by atoms with Gasteiger partial charge in [0, 0.05) is 17.2 Å². The first-order chi connectivity index (χ1) is 6.41. The van der Waals surface area contributed by atoms with Gasteiger partial charge in [0.05, 0.1) is 6.20 Å². The highest BCUT2D eigenvalue weighted by Crippen LogP contribution is 2.24. The first-order valence-corrected chi connectivity index (χ1v) is 5.19. The van der Waals surface area contributed by atoms with Crippen LogP contribution in [0.5, 0.6) is 0 Å². The van der Waals surface area contributed by atoms with Crippen molar-refractivity contribution in [1.29, 1.82) is 0 Å². The van der Waals surface area contributed by atoms with Crippen LogP contribution in [-0.2, 0) is 11.8 Å². The molecular formula is C11H21N3. The van der Waals surface area contributed by atoms with Crippen molar-refractivity contribution in [3.8, 4) is 0 Å². The summed E-state index contributed by atoms with van der Waals surface area (Å²) in [7, 11) is 0. The lowest BCUT2D eigenvalue weighted by Crippen LogP contribution is -2.18. The molecule has 3 heteroatoms. The van der Waals surface area contributed by atoms with E-state index in [0.717, 1.165) is 12.8 Å². The van der Waals surface area contributed by atoms with E-state index in [-0.39, 0.29) is 11.5 Å². The molecule has 0 saturated carbocycles. The molecule has 3 N–H and O–H groups in total. The smallest absolute Gasteiger partial charge is 0.0522 e. The second kappa shape index (κ2) is 4.13. The zero-order valence-corrected chi connectivity index (χ0v) is 9.59. The van der Waals surface area contributed by atoms with Crippen LogP contribution >= 0.6 is 0 Å². The summed E-state index contributed by atoms with van der Waals surface area (Å²) in [4.78, 5) is 0. The summed E-state index contributed by atoms with van der Waals surface area (Å²) < 4.78 is 0. The molecule has 0 aromatic carbocycles. The van der Waals surface area contributed by atoms with Gasteiger partial charge in [-0.2, -0.15) is 5.10 Å². The highest BCUT2D eigenvalue weighted by molar-refractivity contribution is 5.23. The molecule has 0 spiro atoms. The number of rotatable bonds is 3. The van der Waals surface area contributed by atoms with Crippen LogP contribution in [0.2, 0.25) is 0 Å². The molecule has 0 aliphatic heterocycles. The zero-order valence-electron chi connectivity index (χ0n) is 9.59. The second-order valence-corrected chi connectivity index (χ2v) is 5.04. The Morgan fingerprint density at radius 1 is 1.50 bits per heavy atom. The van der Waals surface area contributed by atoms with Crippen LogP contribution in [0, 0.1) is 0 Å². The highest BCUT2D eigenvalue weighted by atomic mass is 15.1. The minimum atomic E-state index is 0.143. The quantitative estimate of drug-likeness (QED) is 0.775. The molecule has 0 saturated heterocycles. The minimum Gasteiger partial charge on any atom is -0.328 e. The third-order valence-corrected chi connectivity index (χ3v) is 2.34. The van der Waals surface area contributed by atoms with Crippen molar-refractivity contribution in [2.45, 2.75) is 52.0 Å². The normalized spacial score (nSPS) is 14.4. The molecule has 1 atom stereocenters. The molecule has 0 radical (unpaired) electrons. The minimum absolute atomic E-state index is 0.143. The number of nitrogens with zero attached hydrogens (tertiary/aromatic N) is 1. The van der Waals surface area contributed by atoms with Crippen molar-refractivity contribution in [2.75, 3.05) is 0 Å². The van der Waals surface area contributed by atoms with Gasteiger partial charge in [-0.05, 0) is 25.3 Å². The van der Waals surface area contributed by atoms with Crippen LogP contribution in [0.3, 0.4) is 0 Å². The van der Waals surface area contributed by atoms with Crippen LogP contribution in [0.1, 0.15) is 45.4 Å². The third kappa shape index (κ3) is 2.84. The Bertz CT molecular complexity index is 281. The van der Waals surface area contributed by atoms with Gasteiger partial charge in [-0.1, -0.05) is 20.8 Å². The molecule has 14 heavy (non-hydrogen) atoms. The standard InChI is InChI=1S/C11H21N3/c1-8(12)5-6-9-7-13-14-10(9)11(2,3)4/h7-8H,5-6,12H2,1-4H3,(H,13,14). The van der Waals surface area contributed by atoms with Gasteiger partial charge in [-0.15, -0.1) is 0 Å². The van der Waals surface area contributed by atoms with E-state index in [1.54, 1.807) is 0 Å². The molecule has 1 aromatic rings. The number of hydrogen-bond acceptors (Lipinski definition) is 2. The zero-order chi connectivity index (χ0) is 10.8. The Hall–Kier alpha value is -0.830. The molecule has 1 heterocycles. The molecule has 3 nitrogen and oxygen atoms in total. The fraction of sp³-hybridized carbons (Fsp3) is 0.727. The van der Waals surface area contributed by atoms with Gasteiger partial charge in [-0.3, -0.25) is 5.10 Å². The number of hydrogen-bond donors (Lipinski definition) is 2. The van der Waals surface area contributed by atoms with Crippen LogP contribution < -0.4 is 5.73 Å². The van der Waals surface area contributed by atoms with Crippen LogP contribution in [0.15, 0.2) is 6.20 Å². The molecule has 80 valence electrons. The summed E-state index contributed by atoms with van der Waals surface area (Å²) in [6.45, 7) is 8.61. The van der Waals surface area contributed by atoms with Gasteiger partial charge in [0.15, 0.2) is 0 Å². The maximum atomic E-state index is 5.74. The van der Waals surface area contributed by atoms with Crippen LogP contribution in [0.4, 0.5) is 0 Å². The topological polar surface area (TPSA) is 54.7 Å². The van der Waals surface area contributed by atoms with Crippen molar-refractivity contribution in [3.05, 3.63) is 17.5 Å². The van der Waals surface area contributed by atoms with Gasteiger partial charge in [-0.25, -0.2) is 0 Å². The Kier molecular flexibility index (Phi) is 3.32. The Morgan fingerprint density at radius 2 is 2.14 bits per heavy atom. The summed E-state index contributed by atoms with van der Waals surface area (Å²) in [5, 5.41) is 7.18. The predicted molar refractivity (Wildman–Crippen MR) is 59.3 cm³/mol. The van der Waals surface area contributed by atoms with Crippen LogP contribution in [-0.4, -0.2) is 16.2 Å². The van der Waals surface area contributed by atoms with E-state index >= 15 is 0 Å². The van der Waals surface area contributed by atoms with Crippen molar-refractivity contribution in [3.63, 3.8) is 0 Å². The molecule has 0 bridgehead atoms. The molecule has 1 rings (SSSR count). The highest BCUT2D eigenvalue weighted by Gasteiger charge is 2.19. The third-order valence-electron chi connectivity index (χ3n) is 2.34.